The molecule has 0 saturated heterocycles. The van der Waals surface area contributed by atoms with Crippen LogP contribution in [0.25, 0.3) is 0 Å². The molecule has 2 heteroatoms. The fraction of sp³-hybridized carbons (Fsp3) is 0.500. The largest absolute Gasteiger partial charge is 0.397 e. The van der Waals surface area contributed by atoms with Gasteiger partial charge in [-0.15, -0.1) is 0 Å². The molecule has 0 aliphatic rings. The molecule has 0 unspecified atom stereocenters. The Labute approximate surface area is 73.8 Å². The fourth-order valence-electron chi connectivity index (χ4n) is 1.22. The second-order valence-corrected chi connectivity index (χ2v) is 4.20. The van der Waals surface area contributed by atoms with Crippen LogP contribution in [0.1, 0.15) is 32.0 Å². The van der Waals surface area contributed by atoms with E-state index < -0.39 is 0 Å². The molecule has 0 bridgehead atoms. The Kier molecular flexibility index (Phi) is 2.09. The molecule has 0 aliphatic heterocycles. The van der Waals surface area contributed by atoms with Crippen molar-refractivity contribution in [2.24, 2.45) is 0 Å². The van der Waals surface area contributed by atoms with Crippen molar-refractivity contribution in [2.75, 3.05) is 5.73 Å². The highest BCUT2D eigenvalue weighted by Crippen LogP contribution is 2.25. The van der Waals surface area contributed by atoms with Crippen LogP contribution in [0, 0.1) is 6.92 Å². The molecule has 2 N–H and O–H groups in total. The van der Waals surface area contributed by atoms with Gasteiger partial charge in [-0.2, -0.15) is 0 Å². The van der Waals surface area contributed by atoms with E-state index in [4.69, 9.17) is 5.73 Å². The van der Waals surface area contributed by atoms with Gasteiger partial charge in [-0.05, 0) is 18.6 Å². The standard InChI is InChI=1S/C10H16N2/c1-7-5-8(11)9(12-6-7)10(2,3)4/h5-6H,11H2,1-4H3. The first-order valence-corrected chi connectivity index (χ1v) is 4.14. The minimum absolute atomic E-state index is 0.0395. The van der Waals surface area contributed by atoms with E-state index >= 15 is 0 Å². The SMILES string of the molecule is Cc1cnc(C(C)(C)C)c(N)c1. The molecule has 0 radical (unpaired) electrons. The quantitative estimate of drug-likeness (QED) is 0.638. The number of hydrogen-bond acceptors (Lipinski definition) is 2. The molecule has 0 atom stereocenters. The monoisotopic (exact) mass is 164 g/mol. The van der Waals surface area contributed by atoms with E-state index in [1.165, 1.54) is 0 Å². The van der Waals surface area contributed by atoms with E-state index in [0.717, 1.165) is 16.9 Å². The fourth-order valence-corrected chi connectivity index (χ4v) is 1.22. The predicted octanol–water partition coefficient (Wildman–Crippen LogP) is 2.27. The van der Waals surface area contributed by atoms with E-state index in [0.29, 0.717) is 0 Å². The van der Waals surface area contributed by atoms with Crippen molar-refractivity contribution in [3.8, 4) is 0 Å². The average molecular weight is 164 g/mol. The minimum Gasteiger partial charge on any atom is -0.397 e. The molecule has 12 heavy (non-hydrogen) atoms. The summed E-state index contributed by atoms with van der Waals surface area (Å²) in [5.74, 6) is 0. The van der Waals surface area contributed by atoms with Gasteiger partial charge in [0.1, 0.15) is 0 Å². The number of nitrogens with zero attached hydrogens (tertiary/aromatic N) is 1. The number of nitrogen functional groups attached to an aromatic ring is 1. The van der Waals surface area contributed by atoms with Crippen molar-refractivity contribution in [2.45, 2.75) is 33.1 Å². The highest BCUT2D eigenvalue weighted by atomic mass is 14.8. The van der Waals surface area contributed by atoms with E-state index in [9.17, 15) is 0 Å². The Morgan fingerprint density at radius 1 is 1.33 bits per heavy atom. The number of aromatic nitrogens is 1. The zero-order valence-corrected chi connectivity index (χ0v) is 8.18. The normalized spacial score (nSPS) is 11.7. The summed E-state index contributed by atoms with van der Waals surface area (Å²) in [4.78, 5) is 4.32. The Morgan fingerprint density at radius 2 is 1.92 bits per heavy atom. The molecule has 0 saturated carbocycles. The zero-order valence-electron chi connectivity index (χ0n) is 8.18. The molecule has 1 aromatic rings. The minimum atomic E-state index is 0.0395. The van der Waals surface area contributed by atoms with Crippen molar-refractivity contribution in [1.29, 1.82) is 0 Å². The third-order valence-electron chi connectivity index (χ3n) is 1.76. The Bertz CT molecular complexity index is 284. The molecule has 0 aromatic carbocycles. The van der Waals surface area contributed by atoms with E-state index in [-0.39, 0.29) is 5.41 Å². The van der Waals surface area contributed by atoms with Crippen LogP contribution in [0.2, 0.25) is 0 Å². The van der Waals surface area contributed by atoms with Gasteiger partial charge in [0.15, 0.2) is 0 Å². The molecule has 2 nitrogen and oxygen atoms in total. The molecule has 1 heterocycles. The lowest BCUT2D eigenvalue weighted by atomic mass is 9.90. The summed E-state index contributed by atoms with van der Waals surface area (Å²) in [6.45, 7) is 8.33. The van der Waals surface area contributed by atoms with Crippen molar-refractivity contribution >= 4 is 5.69 Å². The number of aryl methyl sites for hydroxylation is 1. The molecular weight excluding hydrogens is 148 g/mol. The first-order valence-electron chi connectivity index (χ1n) is 4.14. The van der Waals surface area contributed by atoms with Crippen LogP contribution in [-0.4, -0.2) is 4.98 Å². The Morgan fingerprint density at radius 3 is 2.33 bits per heavy atom. The van der Waals surface area contributed by atoms with Gasteiger partial charge < -0.3 is 5.73 Å². The van der Waals surface area contributed by atoms with Gasteiger partial charge >= 0.3 is 0 Å². The van der Waals surface area contributed by atoms with Gasteiger partial charge in [-0.1, -0.05) is 20.8 Å². The molecule has 1 rings (SSSR count). The highest BCUT2D eigenvalue weighted by Gasteiger charge is 2.17. The number of hydrogen-bond donors (Lipinski definition) is 1. The third kappa shape index (κ3) is 1.76. The zero-order chi connectivity index (χ0) is 9.35. The summed E-state index contributed by atoms with van der Waals surface area (Å²) in [7, 11) is 0. The summed E-state index contributed by atoms with van der Waals surface area (Å²) in [5, 5.41) is 0. The summed E-state index contributed by atoms with van der Waals surface area (Å²) < 4.78 is 0. The molecular formula is C10H16N2. The van der Waals surface area contributed by atoms with Crippen molar-refractivity contribution in [3.05, 3.63) is 23.5 Å². The lowest BCUT2D eigenvalue weighted by Gasteiger charge is -2.19. The van der Waals surface area contributed by atoms with Gasteiger partial charge in [0.25, 0.3) is 0 Å². The third-order valence-corrected chi connectivity index (χ3v) is 1.76. The number of rotatable bonds is 0. The van der Waals surface area contributed by atoms with Gasteiger partial charge in [0.05, 0.1) is 11.4 Å². The van der Waals surface area contributed by atoms with E-state index in [1.807, 2.05) is 19.2 Å². The van der Waals surface area contributed by atoms with Crippen LogP contribution in [0.15, 0.2) is 12.3 Å². The summed E-state index contributed by atoms with van der Waals surface area (Å²) in [5.41, 5.74) is 8.77. The summed E-state index contributed by atoms with van der Waals surface area (Å²) in [6.07, 6.45) is 1.86. The maximum atomic E-state index is 5.85. The van der Waals surface area contributed by atoms with Crippen molar-refractivity contribution < 1.29 is 0 Å². The van der Waals surface area contributed by atoms with Crippen molar-refractivity contribution in [3.63, 3.8) is 0 Å². The van der Waals surface area contributed by atoms with Gasteiger partial charge in [0.2, 0.25) is 0 Å². The number of pyridine rings is 1. The first kappa shape index (κ1) is 9.04. The van der Waals surface area contributed by atoms with Crippen LogP contribution in [0.4, 0.5) is 5.69 Å². The topological polar surface area (TPSA) is 38.9 Å². The first-order chi connectivity index (χ1) is 5.41. The second-order valence-electron chi connectivity index (χ2n) is 4.20. The maximum absolute atomic E-state index is 5.85. The number of nitrogens with two attached hydrogens (primary N) is 1. The summed E-state index contributed by atoms with van der Waals surface area (Å²) in [6, 6.07) is 1.97. The molecule has 66 valence electrons. The summed E-state index contributed by atoms with van der Waals surface area (Å²) >= 11 is 0. The lowest BCUT2D eigenvalue weighted by Crippen LogP contribution is -2.16. The van der Waals surface area contributed by atoms with Crippen LogP contribution < -0.4 is 5.73 Å². The number of anilines is 1. The van der Waals surface area contributed by atoms with Crippen LogP contribution in [0.3, 0.4) is 0 Å². The van der Waals surface area contributed by atoms with Crippen LogP contribution in [-0.2, 0) is 5.41 Å². The highest BCUT2D eigenvalue weighted by molar-refractivity contribution is 5.47. The van der Waals surface area contributed by atoms with E-state index in [1.54, 1.807) is 0 Å². The lowest BCUT2D eigenvalue weighted by molar-refractivity contribution is 0.571. The Hall–Kier alpha value is -1.05. The van der Waals surface area contributed by atoms with Crippen LogP contribution >= 0.6 is 0 Å². The second kappa shape index (κ2) is 2.77. The molecule has 1 aromatic heterocycles. The van der Waals surface area contributed by atoms with Gasteiger partial charge in [-0.25, -0.2) is 0 Å². The Balaban J connectivity index is 3.19. The smallest absolute Gasteiger partial charge is 0.0686 e. The van der Waals surface area contributed by atoms with Gasteiger partial charge in [0, 0.05) is 11.6 Å². The molecule has 0 aliphatic carbocycles. The molecule has 0 fully saturated rings. The van der Waals surface area contributed by atoms with Crippen molar-refractivity contribution in [1.82, 2.24) is 4.98 Å². The average Bonchev–Trinajstić information content (AvgIpc) is 1.83. The maximum Gasteiger partial charge on any atom is 0.0686 e. The molecule has 0 spiro atoms. The van der Waals surface area contributed by atoms with Gasteiger partial charge in [-0.3, -0.25) is 4.98 Å². The van der Waals surface area contributed by atoms with E-state index in [2.05, 4.69) is 25.8 Å². The molecule has 0 amide bonds. The van der Waals surface area contributed by atoms with Crippen LogP contribution in [0.5, 0.6) is 0 Å². The predicted molar refractivity (Wildman–Crippen MR) is 52.1 cm³/mol.